The van der Waals surface area contributed by atoms with E-state index in [0.29, 0.717) is 0 Å². The molecule has 3 nitrogen and oxygen atoms in total. The van der Waals surface area contributed by atoms with Crippen LogP contribution in [0.2, 0.25) is 0 Å². The van der Waals surface area contributed by atoms with Gasteiger partial charge in [-0.2, -0.15) is 0 Å². The molecule has 1 amide bonds. The minimum absolute atomic E-state index is 0.0885. The Labute approximate surface area is 99.5 Å². The number of amides is 1. The molecule has 0 bridgehead atoms. The monoisotopic (exact) mass is 226 g/mol. The van der Waals surface area contributed by atoms with E-state index in [1.165, 1.54) is 5.57 Å². The SMILES string of the molecule is CCC(N)/C(C)=C\CC[C@](C)(CC)NC=O. The number of hydrogen-bond donors (Lipinski definition) is 2. The lowest BCUT2D eigenvalue weighted by atomic mass is 9.92. The Morgan fingerprint density at radius 3 is 2.56 bits per heavy atom. The van der Waals surface area contributed by atoms with E-state index in [-0.39, 0.29) is 11.6 Å². The van der Waals surface area contributed by atoms with Gasteiger partial charge >= 0.3 is 0 Å². The Morgan fingerprint density at radius 1 is 1.50 bits per heavy atom. The Hall–Kier alpha value is -0.830. The molecule has 0 aliphatic rings. The lowest BCUT2D eigenvalue weighted by Gasteiger charge is -2.27. The van der Waals surface area contributed by atoms with Crippen LogP contribution in [0.15, 0.2) is 11.6 Å². The molecule has 3 heteroatoms. The highest BCUT2D eigenvalue weighted by atomic mass is 16.1. The van der Waals surface area contributed by atoms with Gasteiger partial charge in [-0.15, -0.1) is 0 Å². The Kier molecular flexibility index (Phi) is 7.06. The van der Waals surface area contributed by atoms with E-state index in [2.05, 4.69) is 39.1 Å². The van der Waals surface area contributed by atoms with Crippen LogP contribution in [0.5, 0.6) is 0 Å². The van der Waals surface area contributed by atoms with Crippen molar-refractivity contribution >= 4 is 6.41 Å². The number of hydrogen-bond acceptors (Lipinski definition) is 2. The van der Waals surface area contributed by atoms with Gasteiger partial charge in [-0.3, -0.25) is 4.79 Å². The summed E-state index contributed by atoms with van der Waals surface area (Å²) in [5, 5.41) is 2.88. The minimum Gasteiger partial charge on any atom is -0.354 e. The molecule has 0 aliphatic carbocycles. The van der Waals surface area contributed by atoms with Crippen LogP contribution < -0.4 is 11.1 Å². The third-order valence-corrected chi connectivity index (χ3v) is 3.37. The van der Waals surface area contributed by atoms with Gasteiger partial charge in [-0.05, 0) is 39.5 Å². The highest BCUT2D eigenvalue weighted by molar-refractivity contribution is 5.47. The van der Waals surface area contributed by atoms with Gasteiger partial charge in [0.05, 0.1) is 0 Å². The molecule has 0 heterocycles. The molecule has 0 radical (unpaired) electrons. The molecular formula is C13H26N2O. The van der Waals surface area contributed by atoms with Crippen LogP contribution in [-0.2, 0) is 4.79 Å². The van der Waals surface area contributed by atoms with Crippen LogP contribution in [0, 0.1) is 0 Å². The van der Waals surface area contributed by atoms with Crippen molar-refractivity contribution in [1.29, 1.82) is 0 Å². The number of nitrogens with two attached hydrogens (primary N) is 1. The van der Waals surface area contributed by atoms with Gasteiger partial charge in [0.2, 0.25) is 6.41 Å². The predicted molar refractivity (Wildman–Crippen MR) is 69.2 cm³/mol. The summed E-state index contributed by atoms with van der Waals surface area (Å²) in [5.74, 6) is 0. The maximum absolute atomic E-state index is 10.5. The van der Waals surface area contributed by atoms with Crippen LogP contribution in [0.25, 0.3) is 0 Å². The first-order valence-corrected chi connectivity index (χ1v) is 6.12. The lowest BCUT2D eigenvalue weighted by Crippen LogP contribution is -2.40. The van der Waals surface area contributed by atoms with E-state index >= 15 is 0 Å². The molecule has 0 fully saturated rings. The fraction of sp³-hybridized carbons (Fsp3) is 0.769. The molecule has 0 spiro atoms. The molecule has 1 unspecified atom stereocenters. The summed E-state index contributed by atoms with van der Waals surface area (Å²) in [4.78, 5) is 10.5. The van der Waals surface area contributed by atoms with E-state index < -0.39 is 0 Å². The molecule has 0 saturated carbocycles. The molecule has 0 rings (SSSR count). The molecule has 0 aromatic heterocycles. The highest BCUT2D eigenvalue weighted by Crippen LogP contribution is 2.17. The number of allylic oxidation sites excluding steroid dienone is 1. The Morgan fingerprint density at radius 2 is 2.12 bits per heavy atom. The van der Waals surface area contributed by atoms with Gasteiger partial charge in [0, 0.05) is 11.6 Å². The van der Waals surface area contributed by atoms with Crippen molar-refractivity contribution < 1.29 is 4.79 Å². The van der Waals surface area contributed by atoms with Gasteiger partial charge in [-0.1, -0.05) is 25.5 Å². The third kappa shape index (κ3) is 5.31. The zero-order chi connectivity index (χ0) is 12.6. The van der Waals surface area contributed by atoms with Gasteiger partial charge < -0.3 is 11.1 Å². The number of carbonyl (C=O) groups excluding carboxylic acids is 1. The van der Waals surface area contributed by atoms with E-state index in [1.807, 2.05) is 0 Å². The molecular weight excluding hydrogens is 200 g/mol. The average molecular weight is 226 g/mol. The van der Waals surface area contributed by atoms with Crippen LogP contribution in [0.3, 0.4) is 0 Å². The van der Waals surface area contributed by atoms with E-state index in [4.69, 9.17) is 5.73 Å². The van der Waals surface area contributed by atoms with Crippen LogP contribution in [0.1, 0.15) is 53.4 Å². The average Bonchev–Trinajstić information content (AvgIpc) is 2.28. The minimum atomic E-state index is -0.0885. The van der Waals surface area contributed by atoms with E-state index in [0.717, 1.165) is 32.1 Å². The second-order valence-corrected chi connectivity index (χ2v) is 4.68. The van der Waals surface area contributed by atoms with Crippen molar-refractivity contribution in [2.45, 2.75) is 65.0 Å². The quantitative estimate of drug-likeness (QED) is 0.493. The topological polar surface area (TPSA) is 55.1 Å². The normalized spacial score (nSPS) is 17.7. The van der Waals surface area contributed by atoms with E-state index in [9.17, 15) is 4.79 Å². The van der Waals surface area contributed by atoms with Crippen molar-refractivity contribution in [3.8, 4) is 0 Å². The largest absolute Gasteiger partial charge is 0.354 e. The number of nitrogens with one attached hydrogen (secondary N) is 1. The van der Waals surface area contributed by atoms with Crippen LogP contribution >= 0.6 is 0 Å². The summed E-state index contributed by atoms with van der Waals surface area (Å²) in [7, 11) is 0. The van der Waals surface area contributed by atoms with Gasteiger partial charge in [0.15, 0.2) is 0 Å². The summed E-state index contributed by atoms with van der Waals surface area (Å²) in [6.07, 6.45) is 6.81. The summed E-state index contributed by atoms with van der Waals surface area (Å²) in [6.45, 7) is 8.33. The molecule has 0 aromatic rings. The standard InChI is InChI=1S/C13H26N2O/c1-5-12(14)11(3)8-7-9-13(4,6-2)15-10-16/h8,10,12H,5-7,9,14H2,1-4H3,(H,15,16)/b11-8-/t12?,13-/m0/s1. The molecule has 2 atom stereocenters. The number of rotatable bonds is 8. The molecule has 16 heavy (non-hydrogen) atoms. The zero-order valence-corrected chi connectivity index (χ0v) is 11.0. The fourth-order valence-corrected chi connectivity index (χ4v) is 1.59. The zero-order valence-electron chi connectivity index (χ0n) is 11.0. The Balaban J connectivity index is 4.17. The van der Waals surface area contributed by atoms with Crippen molar-refractivity contribution in [3.63, 3.8) is 0 Å². The first kappa shape index (κ1) is 15.2. The fourth-order valence-electron chi connectivity index (χ4n) is 1.59. The van der Waals surface area contributed by atoms with Gasteiger partial charge in [0.1, 0.15) is 0 Å². The second kappa shape index (κ2) is 7.44. The maximum atomic E-state index is 10.5. The van der Waals surface area contributed by atoms with Crippen LogP contribution in [-0.4, -0.2) is 18.0 Å². The van der Waals surface area contributed by atoms with Crippen molar-refractivity contribution in [1.82, 2.24) is 5.32 Å². The van der Waals surface area contributed by atoms with Crippen molar-refractivity contribution in [3.05, 3.63) is 11.6 Å². The highest BCUT2D eigenvalue weighted by Gasteiger charge is 2.19. The number of carbonyl (C=O) groups is 1. The maximum Gasteiger partial charge on any atom is 0.207 e. The summed E-state index contributed by atoms with van der Waals surface area (Å²) >= 11 is 0. The second-order valence-electron chi connectivity index (χ2n) is 4.68. The van der Waals surface area contributed by atoms with Gasteiger partial charge in [0.25, 0.3) is 0 Å². The predicted octanol–water partition coefficient (Wildman–Crippen LogP) is 2.36. The molecule has 0 saturated heterocycles. The summed E-state index contributed by atoms with van der Waals surface area (Å²) < 4.78 is 0. The third-order valence-electron chi connectivity index (χ3n) is 3.37. The first-order valence-electron chi connectivity index (χ1n) is 6.12. The lowest BCUT2D eigenvalue weighted by molar-refractivity contribution is -0.111. The molecule has 94 valence electrons. The van der Waals surface area contributed by atoms with Gasteiger partial charge in [-0.25, -0.2) is 0 Å². The molecule has 0 aromatic carbocycles. The van der Waals surface area contributed by atoms with E-state index in [1.54, 1.807) is 0 Å². The van der Waals surface area contributed by atoms with Crippen molar-refractivity contribution in [2.75, 3.05) is 0 Å². The summed E-state index contributed by atoms with van der Waals surface area (Å²) in [5.41, 5.74) is 7.07. The van der Waals surface area contributed by atoms with Crippen LogP contribution in [0.4, 0.5) is 0 Å². The van der Waals surface area contributed by atoms with Crippen molar-refractivity contribution in [2.24, 2.45) is 5.73 Å². The summed E-state index contributed by atoms with van der Waals surface area (Å²) in [6, 6.07) is 0.173. The molecule has 0 aliphatic heterocycles. The molecule has 3 N–H and O–H groups in total. The smallest absolute Gasteiger partial charge is 0.207 e. The Bertz CT molecular complexity index is 238. The first-order chi connectivity index (χ1) is 7.49.